The molecule has 1 aliphatic heterocycles. The quantitative estimate of drug-likeness (QED) is 0.566. The van der Waals surface area contributed by atoms with E-state index in [-0.39, 0.29) is 43.9 Å². The second-order valence-corrected chi connectivity index (χ2v) is 9.04. The van der Waals surface area contributed by atoms with Crippen LogP contribution in [0.1, 0.15) is 49.1 Å². The molecule has 2 atom stereocenters. The number of aliphatic carboxylic acids is 1. The molecule has 2 amide bonds. The Hall–Kier alpha value is -3.39. The number of hydrogen-bond acceptors (Lipinski definition) is 5. The monoisotopic (exact) mass is 480 g/mol. The molecule has 0 bridgehead atoms. The van der Waals surface area contributed by atoms with E-state index in [4.69, 9.17) is 9.47 Å². The summed E-state index contributed by atoms with van der Waals surface area (Å²) in [4.78, 5) is 38.2. The summed E-state index contributed by atoms with van der Waals surface area (Å²) in [6.07, 6.45) is 1.33. The van der Waals surface area contributed by atoms with Gasteiger partial charge in [0, 0.05) is 38.6 Å². The van der Waals surface area contributed by atoms with Gasteiger partial charge in [-0.3, -0.25) is 9.59 Å². The lowest BCUT2D eigenvalue weighted by atomic mass is 9.98. The maximum atomic E-state index is 13.0. The van der Waals surface area contributed by atoms with E-state index >= 15 is 0 Å². The van der Waals surface area contributed by atoms with Gasteiger partial charge in [-0.15, -0.1) is 0 Å². The second kappa shape index (κ2) is 11.4. The van der Waals surface area contributed by atoms with Gasteiger partial charge in [-0.05, 0) is 41.5 Å². The molecule has 2 aliphatic rings. The van der Waals surface area contributed by atoms with Crippen LogP contribution in [0.5, 0.6) is 0 Å². The van der Waals surface area contributed by atoms with Gasteiger partial charge in [-0.1, -0.05) is 48.5 Å². The highest BCUT2D eigenvalue weighted by Crippen LogP contribution is 2.44. The van der Waals surface area contributed by atoms with E-state index in [1.807, 2.05) is 24.3 Å². The van der Waals surface area contributed by atoms with Crippen molar-refractivity contribution in [3.63, 3.8) is 0 Å². The van der Waals surface area contributed by atoms with Crippen LogP contribution in [-0.4, -0.2) is 66.9 Å². The van der Waals surface area contributed by atoms with Crippen molar-refractivity contribution < 1.29 is 29.0 Å². The third-order valence-electron chi connectivity index (χ3n) is 6.90. The van der Waals surface area contributed by atoms with E-state index in [0.29, 0.717) is 13.0 Å². The summed E-state index contributed by atoms with van der Waals surface area (Å²) in [6, 6.07) is 16.0. The number of piperidine rings is 1. The molecule has 0 spiro atoms. The lowest BCUT2D eigenvalue weighted by Gasteiger charge is -2.36. The summed E-state index contributed by atoms with van der Waals surface area (Å²) < 4.78 is 10.9. The highest BCUT2D eigenvalue weighted by molar-refractivity contribution is 5.82. The van der Waals surface area contributed by atoms with E-state index in [9.17, 15) is 19.5 Å². The predicted octanol–water partition coefficient (Wildman–Crippen LogP) is 3.79. The standard InChI is InChI=1S/C27H32N2O6/c1-34-24(26(32)29-15-7-6-8-18(29)16-25(30)31)13-14-28-27(33)35-17-23-21-11-4-2-9-19(21)20-10-3-5-12-22(20)23/h2-5,9-12,18,23-24H,6-8,13-17H2,1H3,(H,28,33)(H,30,31)/t18-,24?/m0/s1. The number of carbonyl (C=O) groups is 3. The van der Waals surface area contributed by atoms with E-state index in [0.717, 1.165) is 35.1 Å². The second-order valence-electron chi connectivity index (χ2n) is 9.04. The van der Waals surface area contributed by atoms with Gasteiger partial charge >= 0.3 is 12.1 Å². The Morgan fingerprint density at radius 3 is 2.34 bits per heavy atom. The number of fused-ring (bicyclic) bond motifs is 3. The predicted molar refractivity (Wildman–Crippen MR) is 130 cm³/mol. The fraction of sp³-hybridized carbons (Fsp3) is 0.444. The van der Waals surface area contributed by atoms with Crippen molar-refractivity contribution in [2.45, 2.75) is 50.2 Å². The lowest BCUT2D eigenvalue weighted by molar-refractivity contribution is -0.148. The Bertz CT molecular complexity index is 1030. The van der Waals surface area contributed by atoms with Crippen molar-refractivity contribution in [2.24, 2.45) is 0 Å². The molecule has 186 valence electrons. The summed E-state index contributed by atoms with van der Waals surface area (Å²) >= 11 is 0. The van der Waals surface area contributed by atoms with Crippen molar-refractivity contribution in [3.05, 3.63) is 59.7 Å². The maximum absolute atomic E-state index is 13.0. The van der Waals surface area contributed by atoms with Gasteiger partial charge in [-0.25, -0.2) is 4.79 Å². The van der Waals surface area contributed by atoms with Crippen LogP contribution in [0.2, 0.25) is 0 Å². The largest absolute Gasteiger partial charge is 0.481 e. The zero-order chi connectivity index (χ0) is 24.8. The van der Waals surface area contributed by atoms with Gasteiger partial charge in [0.05, 0.1) is 6.42 Å². The summed E-state index contributed by atoms with van der Waals surface area (Å²) in [5.41, 5.74) is 4.61. The molecule has 1 aliphatic carbocycles. The van der Waals surface area contributed by atoms with Crippen LogP contribution >= 0.6 is 0 Å². The molecule has 35 heavy (non-hydrogen) atoms. The van der Waals surface area contributed by atoms with Crippen molar-refractivity contribution in [2.75, 3.05) is 26.8 Å². The van der Waals surface area contributed by atoms with Gasteiger partial charge in [0.2, 0.25) is 0 Å². The fourth-order valence-corrected chi connectivity index (χ4v) is 5.19. The van der Waals surface area contributed by atoms with Crippen LogP contribution in [0.3, 0.4) is 0 Å². The molecule has 0 saturated carbocycles. The smallest absolute Gasteiger partial charge is 0.407 e. The van der Waals surface area contributed by atoms with Crippen LogP contribution in [0.4, 0.5) is 4.79 Å². The molecule has 1 fully saturated rings. The van der Waals surface area contributed by atoms with Gasteiger partial charge in [0.25, 0.3) is 5.91 Å². The first-order valence-corrected chi connectivity index (χ1v) is 12.1. The molecule has 2 N–H and O–H groups in total. The summed E-state index contributed by atoms with van der Waals surface area (Å²) in [7, 11) is 1.45. The average molecular weight is 481 g/mol. The van der Waals surface area contributed by atoms with Crippen LogP contribution in [0, 0.1) is 0 Å². The number of nitrogens with one attached hydrogen (secondary N) is 1. The van der Waals surface area contributed by atoms with Crippen molar-refractivity contribution in [1.29, 1.82) is 0 Å². The van der Waals surface area contributed by atoms with Crippen molar-refractivity contribution in [1.82, 2.24) is 10.2 Å². The van der Waals surface area contributed by atoms with Crippen LogP contribution in [0.15, 0.2) is 48.5 Å². The molecular weight excluding hydrogens is 448 g/mol. The molecule has 8 nitrogen and oxygen atoms in total. The lowest BCUT2D eigenvalue weighted by Crippen LogP contribution is -2.50. The minimum atomic E-state index is -0.916. The number of carboxylic acids is 1. The Balaban J connectivity index is 1.28. The van der Waals surface area contributed by atoms with Gasteiger partial charge in [-0.2, -0.15) is 0 Å². The summed E-state index contributed by atoms with van der Waals surface area (Å²) in [6.45, 7) is 0.950. The minimum absolute atomic E-state index is 0.0216. The molecule has 1 unspecified atom stereocenters. The van der Waals surface area contributed by atoms with E-state index in [2.05, 4.69) is 29.6 Å². The van der Waals surface area contributed by atoms with Gasteiger partial charge in [0.1, 0.15) is 12.7 Å². The number of methoxy groups -OCH3 is 1. The summed E-state index contributed by atoms with van der Waals surface area (Å²) in [5.74, 6) is -1.17. The highest BCUT2D eigenvalue weighted by atomic mass is 16.5. The Kier molecular flexibility index (Phi) is 8.02. The molecular formula is C27H32N2O6. The number of amides is 2. The number of carbonyl (C=O) groups excluding carboxylic acids is 2. The van der Waals surface area contributed by atoms with Gasteiger partial charge in [0.15, 0.2) is 0 Å². The molecule has 1 heterocycles. The molecule has 1 saturated heterocycles. The van der Waals surface area contributed by atoms with Crippen LogP contribution in [0.25, 0.3) is 11.1 Å². The zero-order valence-corrected chi connectivity index (χ0v) is 19.9. The number of hydrogen-bond donors (Lipinski definition) is 2. The molecule has 4 rings (SSSR count). The van der Waals surface area contributed by atoms with Gasteiger partial charge < -0.3 is 24.8 Å². The van der Waals surface area contributed by atoms with Crippen LogP contribution < -0.4 is 5.32 Å². The first kappa shape index (κ1) is 24.7. The Morgan fingerprint density at radius 1 is 1.06 bits per heavy atom. The molecule has 0 aromatic heterocycles. The Labute approximate surface area is 205 Å². The normalized spacial score (nSPS) is 17.9. The number of nitrogens with zero attached hydrogens (tertiary/aromatic N) is 1. The van der Waals surface area contributed by atoms with E-state index < -0.39 is 18.2 Å². The van der Waals surface area contributed by atoms with E-state index in [1.54, 1.807) is 4.90 Å². The first-order chi connectivity index (χ1) is 17.0. The number of rotatable bonds is 9. The SMILES string of the molecule is COC(CCNC(=O)OCC1c2ccccc2-c2ccccc21)C(=O)N1CCCC[C@H]1CC(=O)O. The minimum Gasteiger partial charge on any atom is -0.481 e. The first-order valence-electron chi connectivity index (χ1n) is 12.1. The third kappa shape index (κ3) is 5.65. The maximum Gasteiger partial charge on any atom is 0.407 e. The summed E-state index contributed by atoms with van der Waals surface area (Å²) in [5, 5.41) is 11.9. The number of carboxylic acid groups (broad SMARTS) is 1. The third-order valence-corrected chi connectivity index (χ3v) is 6.90. The van der Waals surface area contributed by atoms with Crippen LogP contribution in [-0.2, 0) is 19.1 Å². The molecule has 8 heteroatoms. The highest BCUT2D eigenvalue weighted by Gasteiger charge is 2.33. The van der Waals surface area contributed by atoms with Crippen molar-refractivity contribution in [3.8, 4) is 11.1 Å². The molecule has 0 radical (unpaired) electrons. The number of alkyl carbamates (subject to hydrolysis) is 1. The average Bonchev–Trinajstić information content (AvgIpc) is 3.19. The number of benzene rings is 2. The van der Waals surface area contributed by atoms with E-state index in [1.165, 1.54) is 7.11 Å². The molecule has 2 aromatic carbocycles. The topological polar surface area (TPSA) is 105 Å². The fourth-order valence-electron chi connectivity index (χ4n) is 5.19. The Morgan fingerprint density at radius 2 is 1.71 bits per heavy atom. The van der Waals surface area contributed by atoms with Crippen molar-refractivity contribution >= 4 is 18.0 Å². The number of likely N-dealkylation sites (tertiary alicyclic amines) is 1. The zero-order valence-electron chi connectivity index (χ0n) is 19.9. The number of ether oxygens (including phenoxy) is 2. The molecule has 2 aromatic rings.